The zero-order chi connectivity index (χ0) is 15.6. The molecule has 1 aromatic carbocycles. The van der Waals surface area contributed by atoms with Crippen molar-refractivity contribution in [3.05, 3.63) is 23.5 Å². The number of amides is 1. The van der Waals surface area contributed by atoms with Gasteiger partial charge < -0.3 is 19.7 Å². The number of nitrogens with one attached hydrogen (secondary N) is 1. The summed E-state index contributed by atoms with van der Waals surface area (Å²) in [5.74, 6) is -1.38. The molecule has 1 heterocycles. The van der Waals surface area contributed by atoms with Gasteiger partial charge in [-0.2, -0.15) is 0 Å². The van der Waals surface area contributed by atoms with E-state index >= 15 is 0 Å². The first-order valence-corrected chi connectivity index (χ1v) is 6.37. The maximum Gasteiger partial charge on any atom is 0.404 e. The van der Waals surface area contributed by atoms with Crippen LogP contribution < -0.4 is 10.1 Å². The van der Waals surface area contributed by atoms with Crippen molar-refractivity contribution in [2.24, 2.45) is 0 Å². The molecule has 6 nitrogen and oxygen atoms in total. The minimum absolute atomic E-state index is 0.0177. The van der Waals surface area contributed by atoms with Gasteiger partial charge in [0.1, 0.15) is 22.6 Å². The van der Waals surface area contributed by atoms with Crippen molar-refractivity contribution in [3.63, 3.8) is 0 Å². The van der Waals surface area contributed by atoms with Gasteiger partial charge in [-0.15, -0.1) is 0 Å². The molecule has 8 heteroatoms. The van der Waals surface area contributed by atoms with Crippen LogP contribution in [0.3, 0.4) is 0 Å². The molecule has 2 rings (SSSR count). The van der Waals surface area contributed by atoms with Crippen molar-refractivity contribution in [2.45, 2.75) is 19.9 Å². The zero-order valence-electron chi connectivity index (χ0n) is 11.6. The van der Waals surface area contributed by atoms with Gasteiger partial charge in [0.15, 0.2) is 11.6 Å². The number of ether oxygens (including phenoxy) is 1. The van der Waals surface area contributed by atoms with E-state index in [2.05, 4.69) is 10.3 Å². The standard InChI is InChI=1S/C13H15F2N3O3/c1-3-9-17-11-8(21-2)6-7(14)10(15)12(11)18(9)5-4-16-13(19)20/h6,16H,3-5H2,1-2H3,(H,19,20). The number of halogens is 2. The molecule has 0 unspecified atom stereocenters. The minimum atomic E-state index is -1.18. The Morgan fingerprint density at radius 1 is 1.52 bits per heavy atom. The van der Waals surface area contributed by atoms with Gasteiger partial charge in [0.2, 0.25) is 0 Å². The highest BCUT2D eigenvalue weighted by Gasteiger charge is 2.20. The van der Waals surface area contributed by atoms with E-state index in [1.807, 2.05) is 6.92 Å². The number of nitrogens with zero attached hydrogens (tertiary/aromatic N) is 2. The summed E-state index contributed by atoms with van der Waals surface area (Å²) >= 11 is 0. The van der Waals surface area contributed by atoms with Crippen molar-refractivity contribution in [1.29, 1.82) is 0 Å². The second kappa shape index (κ2) is 5.94. The van der Waals surface area contributed by atoms with E-state index in [9.17, 15) is 13.6 Å². The van der Waals surface area contributed by atoms with Gasteiger partial charge in [-0.05, 0) is 0 Å². The molecule has 0 atom stereocenters. The molecule has 0 aliphatic rings. The van der Waals surface area contributed by atoms with E-state index in [4.69, 9.17) is 9.84 Å². The molecule has 2 N–H and O–H groups in total. The highest BCUT2D eigenvalue weighted by Crippen LogP contribution is 2.30. The van der Waals surface area contributed by atoms with Crippen molar-refractivity contribution in [2.75, 3.05) is 13.7 Å². The number of hydrogen-bond donors (Lipinski definition) is 2. The zero-order valence-corrected chi connectivity index (χ0v) is 11.6. The number of aryl methyl sites for hydroxylation is 1. The fourth-order valence-corrected chi connectivity index (χ4v) is 2.19. The molecule has 21 heavy (non-hydrogen) atoms. The summed E-state index contributed by atoms with van der Waals surface area (Å²) in [6.45, 7) is 2.03. The van der Waals surface area contributed by atoms with E-state index in [0.29, 0.717) is 12.2 Å². The molecular formula is C13H15F2N3O3. The normalized spacial score (nSPS) is 10.9. The fraction of sp³-hybridized carbons (Fsp3) is 0.385. The summed E-state index contributed by atoms with van der Waals surface area (Å²) in [6.07, 6.45) is -0.687. The fourth-order valence-electron chi connectivity index (χ4n) is 2.19. The SMILES string of the molecule is CCc1nc2c(OC)cc(F)c(F)c2n1CCNC(=O)O. The molecular weight excluding hydrogens is 284 g/mol. The van der Waals surface area contributed by atoms with E-state index < -0.39 is 17.7 Å². The first-order valence-electron chi connectivity index (χ1n) is 6.37. The Balaban J connectivity index is 2.56. The van der Waals surface area contributed by atoms with E-state index in [0.717, 1.165) is 6.07 Å². The van der Waals surface area contributed by atoms with Crippen LogP contribution in [-0.4, -0.2) is 34.4 Å². The summed E-state index contributed by atoms with van der Waals surface area (Å²) in [4.78, 5) is 14.7. The van der Waals surface area contributed by atoms with Crippen LogP contribution in [0.4, 0.5) is 13.6 Å². The van der Waals surface area contributed by atoms with Crippen molar-refractivity contribution >= 4 is 17.1 Å². The largest absolute Gasteiger partial charge is 0.494 e. The summed E-state index contributed by atoms with van der Waals surface area (Å²) in [5.41, 5.74) is 0.208. The minimum Gasteiger partial charge on any atom is -0.494 e. The Morgan fingerprint density at radius 3 is 2.81 bits per heavy atom. The van der Waals surface area contributed by atoms with Gasteiger partial charge in [-0.1, -0.05) is 6.92 Å². The predicted octanol–water partition coefficient (Wildman–Crippen LogP) is 2.15. The summed E-state index contributed by atoms with van der Waals surface area (Å²) in [6, 6.07) is 0.948. The van der Waals surface area contributed by atoms with Crippen LogP contribution in [0.2, 0.25) is 0 Å². The molecule has 1 amide bonds. The number of carboxylic acid groups (broad SMARTS) is 1. The number of hydrogen-bond acceptors (Lipinski definition) is 3. The van der Waals surface area contributed by atoms with Crippen LogP contribution in [0.25, 0.3) is 11.0 Å². The monoisotopic (exact) mass is 299 g/mol. The quantitative estimate of drug-likeness (QED) is 0.887. The van der Waals surface area contributed by atoms with Crippen LogP contribution in [0, 0.1) is 11.6 Å². The van der Waals surface area contributed by atoms with Gasteiger partial charge in [-0.25, -0.2) is 18.6 Å². The number of carbonyl (C=O) groups is 1. The number of benzene rings is 1. The van der Waals surface area contributed by atoms with Crippen LogP contribution in [0.5, 0.6) is 5.75 Å². The average molecular weight is 299 g/mol. The molecule has 114 valence electrons. The van der Waals surface area contributed by atoms with Gasteiger partial charge >= 0.3 is 6.09 Å². The maximum absolute atomic E-state index is 14.1. The molecule has 0 bridgehead atoms. The molecule has 2 aromatic rings. The van der Waals surface area contributed by atoms with Gasteiger partial charge in [-0.3, -0.25) is 0 Å². The predicted molar refractivity (Wildman–Crippen MR) is 71.6 cm³/mol. The molecule has 0 saturated carbocycles. The Hall–Kier alpha value is -2.38. The molecule has 1 aromatic heterocycles. The van der Waals surface area contributed by atoms with Crippen LogP contribution in [0.15, 0.2) is 6.07 Å². The Labute approximate surface area is 119 Å². The lowest BCUT2D eigenvalue weighted by atomic mass is 10.2. The molecule has 0 fully saturated rings. The number of fused-ring (bicyclic) bond motifs is 1. The van der Waals surface area contributed by atoms with Crippen LogP contribution >= 0.6 is 0 Å². The van der Waals surface area contributed by atoms with Gasteiger partial charge in [0, 0.05) is 25.6 Å². The smallest absolute Gasteiger partial charge is 0.404 e. The van der Waals surface area contributed by atoms with Gasteiger partial charge in [0.25, 0.3) is 0 Å². The maximum atomic E-state index is 14.1. The Bertz CT molecular complexity index is 685. The van der Waals surface area contributed by atoms with Crippen molar-refractivity contribution in [3.8, 4) is 5.75 Å². The van der Waals surface area contributed by atoms with E-state index in [1.165, 1.54) is 11.7 Å². The first-order chi connectivity index (χ1) is 9.99. The molecule has 0 aliphatic heterocycles. The van der Waals surface area contributed by atoms with Crippen molar-refractivity contribution < 1.29 is 23.4 Å². The lowest BCUT2D eigenvalue weighted by molar-refractivity contribution is 0.194. The Kier molecular flexibility index (Phi) is 4.25. The number of aromatic nitrogens is 2. The third kappa shape index (κ3) is 2.74. The molecule has 0 spiro atoms. The summed E-state index contributed by atoms with van der Waals surface area (Å²) in [5, 5.41) is 10.8. The summed E-state index contributed by atoms with van der Waals surface area (Å²) < 4.78 is 34.2. The molecule has 0 radical (unpaired) electrons. The van der Waals surface area contributed by atoms with Gasteiger partial charge in [0.05, 0.1) is 7.11 Å². The van der Waals surface area contributed by atoms with E-state index in [1.54, 1.807) is 0 Å². The number of imidazole rings is 1. The topological polar surface area (TPSA) is 76.4 Å². The van der Waals surface area contributed by atoms with Crippen molar-refractivity contribution in [1.82, 2.24) is 14.9 Å². The molecule has 0 saturated heterocycles. The number of methoxy groups -OCH3 is 1. The third-order valence-corrected chi connectivity index (χ3v) is 3.10. The number of rotatable bonds is 5. The lowest BCUT2D eigenvalue weighted by Gasteiger charge is -2.09. The summed E-state index contributed by atoms with van der Waals surface area (Å²) in [7, 11) is 1.35. The second-order valence-electron chi connectivity index (χ2n) is 4.34. The highest BCUT2D eigenvalue weighted by atomic mass is 19.2. The highest BCUT2D eigenvalue weighted by molar-refractivity contribution is 5.83. The molecule has 0 aliphatic carbocycles. The second-order valence-corrected chi connectivity index (χ2v) is 4.34. The third-order valence-electron chi connectivity index (χ3n) is 3.10. The van der Waals surface area contributed by atoms with Crippen LogP contribution in [0.1, 0.15) is 12.7 Å². The average Bonchev–Trinajstić information content (AvgIpc) is 2.81. The Morgan fingerprint density at radius 2 is 2.24 bits per heavy atom. The van der Waals surface area contributed by atoms with Crippen LogP contribution in [-0.2, 0) is 13.0 Å². The lowest BCUT2D eigenvalue weighted by Crippen LogP contribution is -2.25. The first kappa shape index (κ1) is 15.0. The van der Waals surface area contributed by atoms with E-state index in [-0.39, 0.29) is 29.9 Å².